The molecule has 1 aromatic carbocycles. The average molecular weight is 317 g/mol. The van der Waals surface area contributed by atoms with Crippen LogP contribution in [0.4, 0.5) is 0 Å². The molecule has 0 amide bonds. The van der Waals surface area contributed by atoms with Crippen LogP contribution >= 0.6 is 11.8 Å². The standard InChI is InChI=1S/C19H27NOS/c1-16-8-10-17(11-9-16)22-19-7-5-3-2-4-6-18(19)20-12-14-21-15-13-20/h2-3,8-11,18-19H,4-7,12-15H2,1H3/b3-2-/t18-,19-/m0/s1. The van der Waals surface area contributed by atoms with Gasteiger partial charge in [0.1, 0.15) is 0 Å². The molecule has 2 nitrogen and oxygen atoms in total. The fourth-order valence-electron chi connectivity index (χ4n) is 3.40. The van der Waals surface area contributed by atoms with Gasteiger partial charge in [0.05, 0.1) is 13.2 Å². The molecule has 3 rings (SSSR count). The second-order valence-electron chi connectivity index (χ2n) is 6.31. The molecule has 0 aromatic heterocycles. The highest BCUT2D eigenvalue weighted by Gasteiger charge is 2.29. The Balaban J connectivity index is 1.73. The number of nitrogens with zero attached hydrogens (tertiary/aromatic N) is 1. The Labute approximate surface area is 138 Å². The van der Waals surface area contributed by atoms with Gasteiger partial charge in [-0.1, -0.05) is 29.8 Å². The number of hydrogen-bond acceptors (Lipinski definition) is 3. The summed E-state index contributed by atoms with van der Waals surface area (Å²) < 4.78 is 5.55. The summed E-state index contributed by atoms with van der Waals surface area (Å²) >= 11 is 2.08. The first-order chi connectivity index (χ1) is 10.8. The molecule has 3 heteroatoms. The molecule has 0 radical (unpaired) electrons. The predicted octanol–water partition coefficient (Wildman–Crippen LogP) is 4.29. The molecule has 0 saturated carbocycles. The summed E-state index contributed by atoms with van der Waals surface area (Å²) in [7, 11) is 0. The lowest BCUT2D eigenvalue weighted by molar-refractivity contribution is 0.0139. The van der Waals surface area contributed by atoms with Crippen LogP contribution in [0.25, 0.3) is 0 Å². The number of thioether (sulfide) groups is 1. The summed E-state index contributed by atoms with van der Waals surface area (Å²) in [5.74, 6) is 0. The Morgan fingerprint density at radius 1 is 1.00 bits per heavy atom. The van der Waals surface area contributed by atoms with E-state index in [0.29, 0.717) is 11.3 Å². The van der Waals surface area contributed by atoms with E-state index in [0.717, 1.165) is 26.3 Å². The first kappa shape index (κ1) is 16.1. The summed E-state index contributed by atoms with van der Waals surface area (Å²) in [4.78, 5) is 4.09. The van der Waals surface area contributed by atoms with Gasteiger partial charge in [-0.05, 0) is 44.7 Å². The third-order valence-corrected chi connectivity index (χ3v) is 6.06. The SMILES string of the molecule is Cc1ccc(S[C@H]2CC/C=C\CC[C@@H]2N2CCOCC2)cc1. The van der Waals surface area contributed by atoms with Crippen molar-refractivity contribution < 1.29 is 4.74 Å². The molecule has 2 atom stereocenters. The number of allylic oxidation sites excluding steroid dienone is 2. The van der Waals surface area contributed by atoms with E-state index in [1.54, 1.807) is 0 Å². The lowest BCUT2D eigenvalue weighted by atomic mass is 9.98. The molecule has 0 unspecified atom stereocenters. The summed E-state index contributed by atoms with van der Waals surface area (Å²) in [5, 5.41) is 0.686. The van der Waals surface area contributed by atoms with E-state index < -0.39 is 0 Å². The lowest BCUT2D eigenvalue weighted by Gasteiger charge is -2.39. The van der Waals surface area contributed by atoms with Crippen LogP contribution in [0.1, 0.15) is 31.2 Å². The van der Waals surface area contributed by atoms with Gasteiger partial charge in [-0.3, -0.25) is 4.90 Å². The molecule has 1 aliphatic heterocycles. The summed E-state index contributed by atoms with van der Waals surface area (Å²) in [6.45, 7) is 6.15. The van der Waals surface area contributed by atoms with E-state index in [9.17, 15) is 0 Å². The van der Waals surface area contributed by atoms with Crippen molar-refractivity contribution in [3.8, 4) is 0 Å². The second-order valence-corrected chi connectivity index (χ2v) is 7.62. The number of benzene rings is 1. The van der Waals surface area contributed by atoms with Crippen molar-refractivity contribution in [2.75, 3.05) is 26.3 Å². The van der Waals surface area contributed by atoms with E-state index in [-0.39, 0.29) is 0 Å². The van der Waals surface area contributed by atoms with Crippen molar-refractivity contribution in [2.24, 2.45) is 0 Å². The molecule has 1 aromatic rings. The smallest absolute Gasteiger partial charge is 0.0594 e. The van der Waals surface area contributed by atoms with Gasteiger partial charge in [0.15, 0.2) is 0 Å². The summed E-state index contributed by atoms with van der Waals surface area (Å²) in [6, 6.07) is 9.71. The molecule has 1 fully saturated rings. The first-order valence-corrected chi connectivity index (χ1v) is 9.41. The van der Waals surface area contributed by atoms with Crippen molar-refractivity contribution >= 4 is 11.8 Å². The minimum Gasteiger partial charge on any atom is -0.379 e. The lowest BCUT2D eigenvalue weighted by Crippen LogP contribution is -2.48. The second kappa shape index (κ2) is 8.19. The topological polar surface area (TPSA) is 12.5 Å². The van der Waals surface area contributed by atoms with Gasteiger partial charge >= 0.3 is 0 Å². The normalized spacial score (nSPS) is 28.8. The summed E-state index contributed by atoms with van der Waals surface area (Å²) in [5.41, 5.74) is 1.34. The third kappa shape index (κ3) is 4.37. The third-order valence-electron chi connectivity index (χ3n) is 4.67. The number of morpholine rings is 1. The fourth-order valence-corrected chi connectivity index (χ4v) is 4.76. The maximum atomic E-state index is 5.55. The van der Waals surface area contributed by atoms with Crippen LogP contribution in [-0.4, -0.2) is 42.5 Å². The quantitative estimate of drug-likeness (QED) is 0.772. The van der Waals surface area contributed by atoms with Gasteiger partial charge in [-0.15, -0.1) is 11.8 Å². The number of aryl methyl sites for hydroxylation is 1. The van der Waals surface area contributed by atoms with Gasteiger partial charge < -0.3 is 4.74 Å². The molecule has 1 saturated heterocycles. The molecule has 1 heterocycles. The molecule has 0 N–H and O–H groups in total. The number of ether oxygens (including phenoxy) is 1. The Morgan fingerprint density at radius 2 is 1.68 bits per heavy atom. The van der Waals surface area contributed by atoms with E-state index in [1.807, 2.05) is 0 Å². The molecule has 2 aliphatic rings. The van der Waals surface area contributed by atoms with Gasteiger partial charge in [-0.25, -0.2) is 0 Å². The van der Waals surface area contributed by atoms with Crippen molar-refractivity contribution in [1.29, 1.82) is 0 Å². The van der Waals surface area contributed by atoms with Crippen molar-refractivity contribution in [3.63, 3.8) is 0 Å². The largest absolute Gasteiger partial charge is 0.379 e. The molecule has 120 valence electrons. The minimum atomic E-state index is 0.681. The monoisotopic (exact) mass is 317 g/mol. The Bertz CT molecular complexity index is 479. The van der Waals surface area contributed by atoms with Crippen LogP contribution < -0.4 is 0 Å². The fraction of sp³-hybridized carbons (Fsp3) is 0.579. The molecule has 0 bridgehead atoms. The highest BCUT2D eigenvalue weighted by Crippen LogP contribution is 2.34. The van der Waals surface area contributed by atoms with Gasteiger partial charge in [-0.2, -0.15) is 0 Å². The van der Waals surface area contributed by atoms with Gasteiger partial charge in [0.25, 0.3) is 0 Å². The van der Waals surface area contributed by atoms with Crippen LogP contribution in [0.2, 0.25) is 0 Å². The van der Waals surface area contributed by atoms with Crippen LogP contribution in [0.3, 0.4) is 0 Å². The minimum absolute atomic E-state index is 0.681. The number of rotatable bonds is 3. The Kier molecular flexibility index (Phi) is 5.99. The highest BCUT2D eigenvalue weighted by molar-refractivity contribution is 8.00. The molecular formula is C19H27NOS. The molecular weight excluding hydrogens is 290 g/mol. The van der Waals surface area contributed by atoms with Crippen molar-refractivity contribution in [2.45, 2.75) is 48.8 Å². The maximum absolute atomic E-state index is 5.55. The first-order valence-electron chi connectivity index (χ1n) is 8.53. The Morgan fingerprint density at radius 3 is 2.41 bits per heavy atom. The van der Waals surface area contributed by atoms with E-state index in [2.05, 4.69) is 60.0 Å². The molecule has 0 spiro atoms. The Hall–Kier alpha value is -0.770. The zero-order chi connectivity index (χ0) is 15.2. The predicted molar refractivity (Wildman–Crippen MR) is 94.6 cm³/mol. The van der Waals surface area contributed by atoms with Gasteiger partial charge in [0, 0.05) is 29.3 Å². The van der Waals surface area contributed by atoms with Crippen molar-refractivity contribution in [3.05, 3.63) is 42.0 Å². The van der Waals surface area contributed by atoms with E-state index >= 15 is 0 Å². The van der Waals surface area contributed by atoms with Crippen LogP contribution in [0.5, 0.6) is 0 Å². The zero-order valence-corrected chi connectivity index (χ0v) is 14.4. The van der Waals surface area contributed by atoms with E-state index in [1.165, 1.54) is 36.1 Å². The van der Waals surface area contributed by atoms with Crippen molar-refractivity contribution in [1.82, 2.24) is 4.90 Å². The van der Waals surface area contributed by atoms with Crippen LogP contribution in [0, 0.1) is 6.92 Å². The summed E-state index contributed by atoms with van der Waals surface area (Å²) in [6.07, 6.45) is 9.73. The number of hydrogen-bond donors (Lipinski definition) is 0. The maximum Gasteiger partial charge on any atom is 0.0594 e. The average Bonchev–Trinajstić information content (AvgIpc) is 2.53. The molecule has 22 heavy (non-hydrogen) atoms. The van der Waals surface area contributed by atoms with Crippen LogP contribution in [-0.2, 0) is 4.74 Å². The highest BCUT2D eigenvalue weighted by atomic mass is 32.2. The van der Waals surface area contributed by atoms with E-state index in [4.69, 9.17) is 4.74 Å². The molecule has 1 aliphatic carbocycles. The zero-order valence-electron chi connectivity index (χ0n) is 13.5. The van der Waals surface area contributed by atoms with Crippen LogP contribution in [0.15, 0.2) is 41.3 Å². The van der Waals surface area contributed by atoms with Gasteiger partial charge in [0.2, 0.25) is 0 Å².